The van der Waals surface area contributed by atoms with E-state index in [9.17, 15) is 19.1 Å². The minimum atomic E-state index is -0.660. The Labute approximate surface area is 182 Å². The van der Waals surface area contributed by atoms with Crippen molar-refractivity contribution in [3.8, 4) is 0 Å². The van der Waals surface area contributed by atoms with Gasteiger partial charge in [0.25, 0.3) is 11.5 Å². The molecule has 3 aromatic carbocycles. The summed E-state index contributed by atoms with van der Waals surface area (Å²) >= 11 is 0. The van der Waals surface area contributed by atoms with Crippen molar-refractivity contribution in [2.75, 3.05) is 0 Å². The highest BCUT2D eigenvalue weighted by Crippen LogP contribution is 2.38. The number of H-pyrrole nitrogens is 1. The van der Waals surface area contributed by atoms with Crippen LogP contribution in [0.25, 0.3) is 10.8 Å². The molecule has 2 atom stereocenters. The summed E-state index contributed by atoms with van der Waals surface area (Å²) in [7, 11) is 0. The number of aliphatic hydroxyl groups is 1. The molecule has 1 aromatic heterocycles. The number of rotatable bonds is 4. The fourth-order valence-corrected chi connectivity index (χ4v) is 4.34. The Morgan fingerprint density at radius 3 is 2.59 bits per heavy atom. The first-order valence-electron chi connectivity index (χ1n) is 10.3. The molecule has 0 saturated carbocycles. The van der Waals surface area contributed by atoms with E-state index >= 15 is 0 Å². The summed E-state index contributed by atoms with van der Waals surface area (Å²) in [5.41, 5.74) is 2.59. The average Bonchev–Trinajstić information content (AvgIpc) is 3.12. The second-order valence-electron chi connectivity index (χ2n) is 7.94. The molecule has 5 rings (SSSR count). The van der Waals surface area contributed by atoms with Crippen molar-refractivity contribution in [2.45, 2.75) is 25.0 Å². The van der Waals surface area contributed by atoms with Crippen molar-refractivity contribution in [2.24, 2.45) is 0 Å². The van der Waals surface area contributed by atoms with Crippen LogP contribution >= 0.6 is 0 Å². The molecule has 0 saturated heterocycles. The van der Waals surface area contributed by atoms with Gasteiger partial charge in [0.2, 0.25) is 0 Å². The number of carbonyl (C=O) groups is 1. The van der Waals surface area contributed by atoms with Gasteiger partial charge in [-0.05, 0) is 34.9 Å². The minimum Gasteiger partial charge on any atom is -0.388 e. The Kier molecular flexibility index (Phi) is 5.03. The van der Waals surface area contributed by atoms with Crippen LogP contribution < -0.4 is 10.9 Å². The zero-order chi connectivity index (χ0) is 22.2. The van der Waals surface area contributed by atoms with E-state index in [1.807, 2.05) is 36.4 Å². The summed E-state index contributed by atoms with van der Waals surface area (Å²) in [5, 5.41) is 21.0. The number of hydrogen-bond donors (Lipinski definition) is 3. The zero-order valence-electron chi connectivity index (χ0n) is 17.0. The number of aliphatic hydroxyl groups excluding tert-OH is 1. The quantitative estimate of drug-likeness (QED) is 0.462. The Morgan fingerprint density at radius 2 is 1.78 bits per heavy atom. The molecule has 0 spiro atoms. The van der Waals surface area contributed by atoms with Crippen molar-refractivity contribution in [3.05, 3.63) is 111 Å². The van der Waals surface area contributed by atoms with Gasteiger partial charge in [0.15, 0.2) is 0 Å². The van der Waals surface area contributed by atoms with Gasteiger partial charge in [-0.1, -0.05) is 48.5 Å². The fourth-order valence-electron chi connectivity index (χ4n) is 4.34. The van der Waals surface area contributed by atoms with Gasteiger partial charge >= 0.3 is 0 Å². The third kappa shape index (κ3) is 3.56. The lowest BCUT2D eigenvalue weighted by atomic mass is 10.0. The van der Waals surface area contributed by atoms with E-state index in [4.69, 9.17) is 0 Å². The SMILES string of the molecule is O=C(N[C@H]1C[C@H](O)c2ccccc21)c1cc(Cc2n[nH]c(=O)c3ccccc23)ccc1F. The van der Waals surface area contributed by atoms with E-state index in [1.54, 1.807) is 18.2 Å². The molecule has 0 radical (unpaired) electrons. The molecular formula is C25H20FN3O3. The van der Waals surface area contributed by atoms with E-state index in [0.29, 0.717) is 34.9 Å². The van der Waals surface area contributed by atoms with E-state index in [2.05, 4.69) is 15.5 Å². The average molecular weight is 429 g/mol. The van der Waals surface area contributed by atoms with Gasteiger partial charge in [-0.3, -0.25) is 9.59 Å². The van der Waals surface area contributed by atoms with Crippen molar-refractivity contribution in [1.82, 2.24) is 15.5 Å². The van der Waals surface area contributed by atoms with E-state index in [0.717, 1.165) is 11.1 Å². The van der Waals surface area contributed by atoms with Crippen LogP contribution in [0.3, 0.4) is 0 Å². The lowest BCUT2D eigenvalue weighted by molar-refractivity contribution is 0.0920. The third-order valence-electron chi connectivity index (χ3n) is 5.92. The summed E-state index contributed by atoms with van der Waals surface area (Å²) in [6, 6.07) is 18.5. The van der Waals surface area contributed by atoms with Crippen LogP contribution in [0.2, 0.25) is 0 Å². The predicted octanol–water partition coefficient (Wildman–Crippen LogP) is 3.56. The van der Waals surface area contributed by atoms with E-state index in [1.165, 1.54) is 12.1 Å². The molecule has 1 amide bonds. The van der Waals surface area contributed by atoms with Crippen molar-refractivity contribution in [3.63, 3.8) is 0 Å². The minimum absolute atomic E-state index is 0.0740. The number of halogens is 1. The smallest absolute Gasteiger partial charge is 0.272 e. The normalized spacial score (nSPS) is 17.3. The number of hydrogen-bond acceptors (Lipinski definition) is 4. The molecule has 4 aromatic rings. The number of aromatic nitrogens is 2. The maximum absolute atomic E-state index is 14.5. The van der Waals surface area contributed by atoms with Gasteiger partial charge in [-0.15, -0.1) is 0 Å². The van der Waals surface area contributed by atoms with Gasteiger partial charge in [0.05, 0.1) is 28.8 Å². The molecule has 32 heavy (non-hydrogen) atoms. The first kappa shape index (κ1) is 20.1. The maximum atomic E-state index is 14.5. The van der Waals surface area contributed by atoms with E-state index < -0.39 is 17.8 Å². The van der Waals surface area contributed by atoms with Crippen molar-refractivity contribution in [1.29, 1.82) is 0 Å². The molecule has 0 fully saturated rings. The number of benzene rings is 3. The van der Waals surface area contributed by atoms with Crippen LogP contribution in [-0.4, -0.2) is 21.2 Å². The number of nitrogens with zero attached hydrogens (tertiary/aromatic N) is 1. The van der Waals surface area contributed by atoms with Gasteiger partial charge in [0.1, 0.15) is 5.82 Å². The second kappa shape index (κ2) is 8.01. The maximum Gasteiger partial charge on any atom is 0.272 e. The van der Waals surface area contributed by atoms with Crippen LogP contribution in [0.4, 0.5) is 4.39 Å². The Balaban J connectivity index is 1.42. The molecular weight excluding hydrogens is 409 g/mol. The third-order valence-corrected chi connectivity index (χ3v) is 5.92. The van der Waals surface area contributed by atoms with Crippen molar-refractivity contribution < 1.29 is 14.3 Å². The monoisotopic (exact) mass is 429 g/mol. The van der Waals surface area contributed by atoms with Crippen molar-refractivity contribution >= 4 is 16.7 Å². The molecule has 6 nitrogen and oxygen atoms in total. The number of carbonyl (C=O) groups excluding carboxylic acids is 1. The summed E-state index contributed by atoms with van der Waals surface area (Å²) in [6.07, 6.45) is 0.00923. The molecule has 0 aliphatic heterocycles. The Bertz CT molecular complexity index is 1400. The Morgan fingerprint density at radius 1 is 1.06 bits per heavy atom. The van der Waals surface area contributed by atoms with Gasteiger partial charge < -0.3 is 10.4 Å². The summed E-state index contributed by atoms with van der Waals surface area (Å²) in [5.74, 6) is -1.17. The molecule has 0 bridgehead atoms. The standard InChI is InChI=1S/C25H20FN3O3/c26-20-10-9-14(12-22-16-6-2-4-8-18(16)25(32)29-28-22)11-19(20)24(31)27-21-13-23(30)17-7-3-1-5-15(17)21/h1-11,21,23,30H,12-13H2,(H,27,31)(H,29,32)/t21-,23-/m0/s1. The van der Waals surface area contributed by atoms with Crippen LogP contribution in [0.15, 0.2) is 71.5 Å². The number of fused-ring (bicyclic) bond motifs is 2. The lowest BCUT2D eigenvalue weighted by Gasteiger charge is -2.15. The highest BCUT2D eigenvalue weighted by Gasteiger charge is 2.31. The topological polar surface area (TPSA) is 95.1 Å². The lowest BCUT2D eigenvalue weighted by Crippen LogP contribution is -2.28. The number of aromatic amines is 1. The largest absolute Gasteiger partial charge is 0.388 e. The first-order valence-corrected chi connectivity index (χ1v) is 10.3. The van der Waals surface area contributed by atoms with Crippen LogP contribution in [0.5, 0.6) is 0 Å². The first-order chi connectivity index (χ1) is 15.5. The van der Waals surface area contributed by atoms with Gasteiger partial charge in [0, 0.05) is 18.2 Å². The molecule has 160 valence electrons. The number of amides is 1. The van der Waals surface area contributed by atoms with Crippen LogP contribution in [0.1, 0.15) is 51.3 Å². The summed E-state index contributed by atoms with van der Waals surface area (Å²) < 4.78 is 14.5. The van der Waals surface area contributed by atoms with Gasteiger partial charge in [-0.25, -0.2) is 9.49 Å². The summed E-state index contributed by atoms with van der Waals surface area (Å²) in [4.78, 5) is 24.9. The van der Waals surface area contributed by atoms with Crippen LogP contribution in [-0.2, 0) is 6.42 Å². The molecule has 3 N–H and O–H groups in total. The molecule has 1 heterocycles. The zero-order valence-corrected chi connectivity index (χ0v) is 17.0. The Hall–Kier alpha value is -3.84. The highest BCUT2D eigenvalue weighted by atomic mass is 19.1. The summed E-state index contributed by atoms with van der Waals surface area (Å²) in [6.45, 7) is 0. The van der Waals surface area contributed by atoms with Gasteiger partial charge in [-0.2, -0.15) is 5.10 Å². The number of nitrogens with one attached hydrogen (secondary N) is 2. The highest BCUT2D eigenvalue weighted by molar-refractivity contribution is 5.95. The van der Waals surface area contributed by atoms with Crippen LogP contribution in [0, 0.1) is 5.82 Å². The molecule has 1 aliphatic rings. The predicted molar refractivity (Wildman–Crippen MR) is 118 cm³/mol. The second-order valence-corrected chi connectivity index (χ2v) is 7.94. The molecule has 7 heteroatoms. The molecule has 1 aliphatic carbocycles. The molecule has 0 unspecified atom stereocenters. The van der Waals surface area contributed by atoms with E-state index in [-0.39, 0.29) is 17.2 Å². The fraction of sp³-hybridized carbons (Fsp3) is 0.160.